The monoisotopic (exact) mass is 359 g/mol. The summed E-state index contributed by atoms with van der Waals surface area (Å²) < 4.78 is 25.2. The number of hydrogen-bond donors (Lipinski definition) is 0. The summed E-state index contributed by atoms with van der Waals surface area (Å²) in [6, 6.07) is 7.85. The fourth-order valence-electron chi connectivity index (χ4n) is 2.96. The maximum absolute atomic E-state index is 11.9. The number of rotatable bonds is 5. The quantitative estimate of drug-likeness (QED) is 0.819. The summed E-state index contributed by atoms with van der Waals surface area (Å²) in [5, 5.41) is 0. The van der Waals surface area contributed by atoms with Gasteiger partial charge in [-0.15, -0.1) is 0 Å². The first-order valence-electron chi connectivity index (χ1n) is 8.09. The molecular formula is C18H21N3O3S. The lowest BCUT2D eigenvalue weighted by Crippen LogP contribution is -2.27. The van der Waals surface area contributed by atoms with Gasteiger partial charge < -0.3 is 4.90 Å². The summed E-state index contributed by atoms with van der Waals surface area (Å²) in [7, 11) is 0.118. The lowest BCUT2D eigenvalue weighted by molar-refractivity contribution is -0.117. The number of sulfonamides is 1. The molecule has 1 amide bonds. The number of anilines is 1. The molecule has 3 rings (SSSR count). The van der Waals surface area contributed by atoms with Gasteiger partial charge in [-0.2, -0.15) is 0 Å². The molecule has 2 aromatic rings. The number of hydrogen-bond acceptors (Lipinski definition) is 4. The molecule has 25 heavy (non-hydrogen) atoms. The van der Waals surface area contributed by atoms with E-state index < -0.39 is 10.0 Å². The number of carbonyl (C=O) groups is 1. The summed E-state index contributed by atoms with van der Waals surface area (Å²) in [4.78, 5) is 17.7. The van der Waals surface area contributed by atoms with E-state index in [2.05, 4.69) is 4.98 Å². The molecule has 0 N–H and O–H groups in total. The van der Waals surface area contributed by atoms with Crippen LogP contribution >= 0.6 is 0 Å². The fourth-order valence-corrected chi connectivity index (χ4v) is 3.74. The van der Waals surface area contributed by atoms with Crippen molar-refractivity contribution in [1.29, 1.82) is 0 Å². The summed E-state index contributed by atoms with van der Waals surface area (Å²) >= 11 is 0. The number of pyridine rings is 1. The van der Waals surface area contributed by atoms with Crippen molar-refractivity contribution in [2.75, 3.05) is 24.7 Å². The van der Waals surface area contributed by atoms with Crippen LogP contribution in [-0.4, -0.2) is 43.5 Å². The number of likely N-dealkylation sites (N-methyl/N-ethyl adjacent to an activating group) is 1. The van der Waals surface area contributed by atoms with Gasteiger partial charge in [-0.3, -0.25) is 9.78 Å². The number of carbonyl (C=O) groups excluding carboxylic acids is 1. The highest BCUT2D eigenvalue weighted by atomic mass is 32.2. The highest BCUT2D eigenvalue weighted by molar-refractivity contribution is 7.89. The van der Waals surface area contributed by atoms with Crippen molar-refractivity contribution >= 4 is 21.6 Å². The molecule has 0 bridgehead atoms. The van der Waals surface area contributed by atoms with E-state index in [9.17, 15) is 13.2 Å². The highest BCUT2D eigenvalue weighted by Gasteiger charge is 2.24. The number of nitrogens with zero attached hydrogens (tertiary/aromatic N) is 3. The fraction of sp³-hybridized carbons (Fsp3) is 0.333. The van der Waals surface area contributed by atoms with E-state index in [-0.39, 0.29) is 18.2 Å². The van der Waals surface area contributed by atoms with Crippen molar-refractivity contribution in [1.82, 2.24) is 9.29 Å². The second kappa shape index (κ2) is 6.57. The van der Waals surface area contributed by atoms with Crippen LogP contribution in [0.25, 0.3) is 11.1 Å². The maximum atomic E-state index is 11.9. The van der Waals surface area contributed by atoms with E-state index in [4.69, 9.17) is 0 Å². The molecule has 1 aromatic carbocycles. The van der Waals surface area contributed by atoms with Gasteiger partial charge >= 0.3 is 0 Å². The third-order valence-corrected chi connectivity index (χ3v) is 6.34. The highest BCUT2D eigenvalue weighted by Crippen LogP contribution is 2.32. The minimum Gasteiger partial charge on any atom is -0.315 e. The maximum Gasteiger partial charge on any atom is 0.231 e. The zero-order valence-corrected chi connectivity index (χ0v) is 15.4. The molecule has 6 nitrogen and oxygen atoms in total. The van der Waals surface area contributed by atoms with Crippen molar-refractivity contribution in [2.45, 2.75) is 19.9 Å². The van der Waals surface area contributed by atoms with Gasteiger partial charge in [0.05, 0.1) is 12.2 Å². The molecule has 0 aliphatic carbocycles. The van der Waals surface area contributed by atoms with E-state index >= 15 is 0 Å². The molecule has 0 spiro atoms. The van der Waals surface area contributed by atoms with Crippen LogP contribution in [0.5, 0.6) is 0 Å². The predicted molar refractivity (Wildman–Crippen MR) is 97.7 cm³/mol. The Balaban J connectivity index is 1.88. The zero-order chi connectivity index (χ0) is 18.2. The second-order valence-corrected chi connectivity index (χ2v) is 8.58. The van der Waals surface area contributed by atoms with Crippen LogP contribution in [0, 0.1) is 0 Å². The van der Waals surface area contributed by atoms with Gasteiger partial charge in [0.1, 0.15) is 0 Å². The SMILES string of the molecule is CCS(=O)(=O)N(C)Cc1cncc(-c2ccc3c(c2)CC(=O)N3C)c1. The molecule has 0 radical (unpaired) electrons. The first kappa shape index (κ1) is 17.6. The molecule has 1 aliphatic heterocycles. The summed E-state index contributed by atoms with van der Waals surface area (Å²) in [5.74, 6) is 0.161. The van der Waals surface area contributed by atoms with Crippen LogP contribution in [0.3, 0.4) is 0 Å². The van der Waals surface area contributed by atoms with Crippen molar-refractivity contribution < 1.29 is 13.2 Å². The third-order valence-electron chi connectivity index (χ3n) is 4.53. The zero-order valence-electron chi connectivity index (χ0n) is 14.6. The lowest BCUT2D eigenvalue weighted by atomic mass is 10.0. The summed E-state index contributed by atoms with van der Waals surface area (Å²) in [6.07, 6.45) is 3.83. The normalized spacial score (nSPS) is 14.2. The van der Waals surface area contributed by atoms with Gasteiger partial charge in [0.2, 0.25) is 15.9 Å². The van der Waals surface area contributed by atoms with Crippen molar-refractivity contribution in [3.63, 3.8) is 0 Å². The van der Waals surface area contributed by atoms with Gasteiger partial charge in [0.15, 0.2) is 0 Å². The average molecular weight is 359 g/mol. The Hall–Kier alpha value is -2.25. The standard InChI is InChI=1S/C18H21N3O3S/c1-4-25(23,24)20(2)12-13-7-16(11-19-10-13)14-5-6-17-15(8-14)9-18(22)21(17)3/h5-8,10-11H,4,9,12H2,1-3H3. The predicted octanol–water partition coefficient (Wildman–Crippen LogP) is 2.05. The molecule has 2 heterocycles. The molecule has 0 fully saturated rings. The van der Waals surface area contributed by atoms with E-state index in [0.29, 0.717) is 6.42 Å². The van der Waals surface area contributed by atoms with Gasteiger partial charge in [-0.1, -0.05) is 6.07 Å². The van der Waals surface area contributed by atoms with Crippen LogP contribution in [0.2, 0.25) is 0 Å². The van der Waals surface area contributed by atoms with E-state index in [1.807, 2.05) is 24.3 Å². The average Bonchev–Trinajstić information content (AvgIpc) is 2.89. The van der Waals surface area contributed by atoms with E-state index in [1.54, 1.807) is 38.3 Å². The molecule has 0 saturated carbocycles. The first-order chi connectivity index (χ1) is 11.8. The molecule has 7 heteroatoms. The van der Waals surface area contributed by atoms with Crippen molar-refractivity contribution in [3.8, 4) is 11.1 Å². The topological polar surface area (TPSA) is 70.6 Å². The number of benzene rings is 1. The molecule has 0 unspecified atom stereocenters. The first-order valence-corrected chi connectivity index (χ1v) is 9.70. The van der Waals surface area contributed by atoms with E-state index in [1.165, 1.54) is 4.31 Å². The van der Waals surface area contributed by atoms with Crippen LogP contribution < -0.4 is 4.90 Å². The third kappa shape index (κ3) is 3.43. The Labute approximate surface area is 148 Å². The number of fused-ring (bicyclic) bond motifs is 1. The van der Waals surface area contributed by atoms with Crippen molar-refractivity contribution in [2.24, 2.45) is 0 Å². The van der Waals surface area contributed by atoms with Crippen LogP contribution in [-0.2, 0) is 27.8 Å². The van der Waals surface area contributed by atoms with E-state index in [0.717, 1.165) is 27.9 Å². The van der Waals surface area contributed by atoms with Gasteiger partial charge in [-0.05, 0) is 41.8 Å². The molecule has 1 aromatic heterocycles. The Bertz CT molecular complexity index is 925. The summed E-state index contributed by atoms with van der Waals surface area (Å²) in [5.41, 5.74) is 4.64. The molecule has 0 atom stereocenters. The molecule has 0 saturated heterocycles. The van der Waals surface area contributed by atoms with Crippen LogP contribution in [0.15, 0.2) is 36.7 Å². The molecule has 1 aliphatic rings. The Kier molecular flexibility index (Phi) is 4.62. The van der Waals surface area contributed by atoms with Crippen LogP contribution in [0.1, 0.15) is 18.1 Å². The van der Waals surface area contributed by atoms with Gasteiger partial charge in [-0.25, -0.2) is 12.7 Å². The second-order valence-electron chi connectivity index (χ2n) is 6.21. The number of aromatic nitrogens is 1. The minimum absolute atomic E-state index is 0.0724. The smallest absolute Gasteiger partial charge is 0.231 e. The number of amides is 1. The van der Waals surface area contributed by atoms with Gasteiger partial charge in [0, 0.05) is 44.3 Å². The van der Waals surface area contributed by atoms with Gasteiger partial charge in [0.25, 0.3) is 0 Å². The Morgan fingerprint density at radius 2 is 1.96 bits per heavy atom. The lowest BCUT2D eigenvalue weighted by Gasteiger charge is -2.16. The molecule has 132 valence electrons. The Morgan fingerprint density at radius 3 is 2.68 bits per heavy atom. The Morgan fingerprint density at radius 1 is 1.20 bits per heavy atom. The van der Waals surface area contributed by atoms with Crippen LogP contribution in [0.4, 0.5) is 5.69 Å². The minimum atomic E-state index is -3.23. The van der Waals surface area contributed by atoms with Crippen molar-refractivity contribution in [3.05, 3.63) is 47.8 Å². The largest absolute Gasteiger partial charge is 0.315 e. The summed E-state index contributed by atoms with van der Waals surface area (Å²) in [6.45, 7) is 1.91. The molecular weight excluding hydrogens is 338 g/mol.